The standard InChI is InChI=1S/C8H14O3/c1-6-2-3-7(4-6)11-8(10)5-9/h6-7,9H,2-5H2,1H3. The smallest absolute Gasteiger partial charge is 0.332 e. The van der Waals surface area contributed by atoms with Crippen LogP contribution in [0.3, 0.4) is 0 Å². The van der Waals surface area contributed by atoms with Crippen LogP contribution in [0.15, 0.2) is 0 Å². The van der Waals surface area contributed by atoms with Gasteiger partial charge in [-0.3, -0.25) is 0 Å². The van der Waals surface area contributed by atoms with E-state index in [4.69, 9.17) is 9.84 Å². The molecule has 1 rings (SSSR count). The van der Waals surface area contributed by atoms with E-state index >= 15 is 0 Å². The van der Waals surface area contributed by atoms with Gasteiger partial charge >= 0.3 is 5.97 Å². The maximum absolute atomic E-state index is 10.6. The molecular weight excluding hydrogens is 144 g/mol. The van der Waals surface area contributed by atoms with E-state index in [1.807, 2.05) is 0 Å². The Balaban J connectivity index is 2.23. The second-order valence-electron chi connectivity index (χ2n) is 3.19. The van der Waals surface area contributed by atoms with Crippen molar-refractivity contribution in [3.05, 3.63) is 0 Å². The minimum absolute atomic E-state index is 0.0599. The molecule has 1 aliphatic carbocycles. The molecule has 11 heavy (non-hydrogen) atoms. The zero-order chi connectivity index (χ0) is 8.27. The molecule has 64 valence electrons. The number of hydrogen-bond acceptors (Lipinski definition) is 3. The van der Waals surface area contributed by atoms with Gasteiger partial charge in [0.25, 0.3) is 0 Å². The van der Waals surface area contributed by atoms with Gasteiger partial charge in [-0.05, 0) is 25.2 Å². The lowest BCUT2D eigenvalue weighted by Gasteiger charge is -2.09. The Morgan fingerprint density at radius 3 is 2.82 bits per heavy atom. The Kier molecular flexibility index (Phi) is 2.88. The van der Waals surface area contributed by atoms with Crippen molar-refractivity contribution in [2.45, 2.75) is 32.3 Å². The Morgan fingerprint density at radius 1 is 1.64 bits per heavy atom. The lowest BCUT2D eigenvalue weighted by atomic mass is 10.1. The molecule has 0 aromatic rings. The minimum atomic E-state index is -0.496. The van der Waals surface area contributed by atoms with Crippen molar-refractivity contribution in [2.24, 2.45) is 5.92 Å². The monoisotopic (exact) mass is 158 g/mol. The van der Waals surface area contributed by atoms with Crippen LogP contribution in [-0.4, -0.2) is 23.8 Å². The summed E-state index contributed by atoms with van der Waals surface area (Å²) in [5.74, 6) is 0.163. The van der Waals surface area contributed by atoms with Crippen LogP contribution in [0.1, 0.15) is 26.2 Å². The quantitative estimate of drug-likeness (QED) is 0.602. The highest BCUT2D eigenvalue weighted by Crippen LogP contribution is 2.26. The van der Waals surface area contributed by atoms with E-state index in [1.165, 1.54) is 0 Å². The number of aliphatic hydroxyl groups is 1. The van der Waals surface area contributed by atoms with E-state index in [1.54, 1.807) is 0 Å². The molecule has 1 saturated carbocycles. The van der Waals surface area contributed by atoms with Crippen LogP contribution in [0.25, 0.3) is 0 Å². The maximum atomic E-state index is 10.6. The molecule has 0 bridgehead atoms. The number of hydrogen-bond donors (Lipinski definition) is 1. The van der Waals surface area contributed by atoms with Crippen LogP contribution >= 0.6 is 0 Å². The van der Waals surface area contributed by atoms with E-state index in [0.717, 1.165) is 19.3 Å². The van der Waals surface area contributed by atoms with Crippen molar-refractivity contribution >= 4 is 5.97 Å². The summed E-state index contributed by atoms with van der Waals surface area (Å²) in [6.07, 6.45) is 3.09. The molecule has 0 aromatic heterocycles. The van der Waals surface area contributed by atoms with Gasteiger partial charge in [0.1, 0.15) is 12.7 Å². The van der Waals surface area contributed by atoms with Crippen molar-refractivity contribution in [1.82, 2.24) is 0 Å². The van der Waals surface area contributed by atoms with Gasteiger partial charge in [0.05, 0.1) is 0 Å². The SMILES string of the molecule is CC1CCC(OC(=O)CO)C1. The molecule has 0 aliphatic heterocycles. The highest BCUT2D eigenvalue weighted by atomic mass is 16.6. The molecule has 0 spiro atoms. The van der Waals surface area contributed by atoms with Crippen LogP contribution < -0.4 is 0 Å². The number of carbonyl (C=O) groups excluding carboxylic acids is 1. The van der Waals surface area contributed by atoms with Gasteiger partial charge in [-0.15, -0.1) is 0 Å². The van der Waals surface area contributed by atoms with E-state index in [-0.39, 0.29) is 6.10 Å². The van der Waals surface area contributed by atoms with Gasteiger partial charge in [-0.25, -0.2) is 4.79 Å². The summed E-state index contributed by atoms with van der Waals surface area (Å²) < 4.78 is 4.94. The number of esters is 1. The normalized spacial score (nSPS) is 30.4. The van der Waals surface area contributed by atoms with Crippen LogP contribution in [0, 0.1) is 5.92 Å². The van der Waals surface area contributed by atoms with Crippen LogP contribution in [-0.2, 0) is 9.53 Å². The summed E-state index contributed by atoms with van der Waals surface area (Å²) in [4.78, 5) is 10.6. The van der Waals surface area contributed by atoms with E-state index in [2.05, 4.69) is 6.92 Å². The fraction of sp³-hybridized carbons (Fsp3) is 0.875. The fourth-order valence-corrected chi connectivity index (χ4v) is 1.49. The van der Waals surface area contributed by atoms with Gasteiger partial charge < -0.3 is 9.84 Å². The Labute approximate surface area is 66.4 Å². The second kappa shape index (κ2) is 3.72. The lowest BCUT2D eigenvalue weighted by molar-refractivity contribution is -0.152. The first-order valence-corrected chi connectivity index (χ1v) is 4.02. The summed E-state index contributed by atoms with van der Waals surface area (Å²) in [7, 11) is 0. The van der Waals surface area contributed by atoms with Gasteiger partial charge in [0, 0.05) is 0 Å². The average Bonchev–Trinajstić information content (AvgIpc) is 2.35. The number of rotatable bonds is 2. The molecule has 1 fully saturated rings. The van der Waals surface area contributed by atoms with Crippen LogP contribution in [0.2, 0.25) is 0 Å². The highest BCUT2D eigenvalue weighted by Gasteiger charge is 2.23. The maximum Gasteiger partial charge on any atom is 0.332 e. The topological polar surface area (TPSA) is 46.5 Å². The fourth-order valence-electron chi connectivity index (χ4n) is 1.49. The van der Waals surface area contributed by atoms with Gasteiger partial charge in [0.2, 0.25) is 0 Å². The Bertz CT molecular complexity index is 144. The largest absolute Gasteiger partial charge is 0.461 e. The molecule has 2 atom stereocenters. The molecule has 1 aliphatic rings. The van der Waals surface area contributed by atoms with Crippen LogP contribution in [0.5, 0.6) is 0 Å². The molecule has 0 radical (unpaired) electrons. The third kappa shape index (κ3) is 2.50. The first-order chi connectivity index (χ1) is 5.22. The third-order valence-electron chi connectivity index (χ3n) is 2.07. The Hall–Kier alpha value is -0.570. The molecule has 2 unspecified atom stereocenters. The van der Waals surface area contributed by atoms with E-state index in [9.17, 15) is 4.79 Å². The summed E-state index contributed by atoms with van der Waals surface area (Å²) in [6.45, 7) is 1.65. The molecular formula is C8H14O3. The molecule has 0 saturated heterocycles. The summed E-state index contributed by atoms with van der Waals surface area (Å²) >= 11 is 0. The minimum Gasteiger partial charge on any atom is -0.461 e. The van der Waals surface area contributed by atoms with Gasteiger partial charge in [-0.2, -0.15) is 0 Å². The summed E-state index contributed by atoms with van der Waals surface area (Å²) in [5.41, 5.74) is 0. The molecule has 1 N–H and O–H groups in total. The molecule has 3 nitrogen and oxygen atoms in total. The van der Waals surface area contributed by atoms with Crippen molar-refractivity contribution in [3.63, 3.8) is 0 Å². The van der Waals surface area contributed by atoms with E-state index < -0.39 is 12.6 Å². The van der Waals surface area contributed by atoms with Crippen molar-refractivity contribution in [3.8, 4) is 0 Å². The lowest BCUT2D eigenvalue weighted by Crippen LogP contribution is -2.17. The summed E-state index contributed by atoms with van der Waals surface area (Å²) in [5, 5.41) is 8.39. The van der Waals surface area contributed by atoms with Gasteiger partial charge in [-0.1, -0.05) is 6.92 Å². The second-order valence-corrected chi connectivity index (χ2v) is 3.19. The van der Waals surface area contributed by atoms with E-state index in [0.29, 0.717) is 5.92 Å². The molecule has 3 heteroatoms. The Morgan fingerprint density at radius 2 is 2.36 bits per heavy atom. The first kappa shape index (κ1) is 8.53. The zero-order valence-electron chi connectivity index (χ0n) is 6.75. The van der Waals surface area contributed by atoms with Crippen LogP contribution in [0.4, 0.5) is 0 Å². The number of ether oxygens (including phenoxy) is 1. The highest BCUT2D eigenvalue weighted by molar-refractivity contribution is 5.70. The zero-order valence-corrected chi connectivity index (χ0v) is 6.75. The molecule has 0 amide bonds. The first-order valence-electron chi connectivity index (χ1n) is 4.02. The van der Waals surface area contributed by atoms with Crippen molar-refractivity contribution in [2.75, 3.05) is 6.61 Å². The number of aliphatic hydroxyl groups excluding tert-OH is 1. The summed E-state index contributed by atoms with van der Waals surface area (Å²) in [6, 6.07) is 0. The van der Waals surface area contributed by atoms with Gasteiger partial charge in [0.15, 0.2) is 0 Å². The molecule has 0 heterocycles. The number of carbonyl (C=O) groups is 1. The van der Waals surface area contributed by atoms with Crippen molar-refractivity contribution in [1.29, 1.82) is 0 Å². The third-order valence-corrected chi connectivity index (χ3v) is 2.07. The molecule has 0 aromatic carbocycles. The van der Waals surface area contributed by atoms with Crippen molar-refractivity contribution < 1.29 is 14.6 Å². The average molecular weight is 158 g/mol. The predicted molar refractivity (Wildman–Crippen MR) is 40.0 cm³/mol. The predicted octanol–water partition coefficient (Wildman–Crippen LogP) is 0.710.